The fraction of sp³-hybridized carbons (Fsp3) is 0.375. The molecule has 0 saturated heterocycles. The molecule has 0 radical (unpaired) electrons. The fourth-order valence-corrected chi connectivity index (χ4v) is 4.24. The number of rotatable bonds is 3. The zero-order chi connectivity index (χ0) is 14.2. The van der Waals surface area contributed by atoms with Crippen LogP contribution in [-0.4, -0.2) is 20.8 Å². The van der Waals surface area contributed by atoms with Crippen LogP contribution in [0.25, 0.3) is 10.9 Å². The third-order valence-corrected chi connectivity index (χ3v) is 5.51. The summed E-state index contributed by atoms with van der Waals surface area (Å²) in [5.41, 5.74) is 2.10. The molecule has 1 aliphatic rings. The lowest BCUT2D eigenvalue weighted by atomic mass is 10.1. The quantitative estimate of drug-likeness (QED) is 0.926. The van der Waals surface area contributed by atoms with Crippen LogP contribution in [-0.2, 0) is 4.79 Å². The number of nitrogens with zero attached hydrogens (tertiary/aromatic N) is 1. The van der Waals surface area contributed by atoms with Crippen molar-refractivity contribution in [2.75, 3.05) is 0 Å². The standard InChI is InChI=1S/C16H17NO2S/c1-11-4-5-13-12(10-11)14(6-9-17-13)20-16(15(18)19)7-2-3-8-16/h4-6,9-10H,2-3,7-8H2,1H3,(H,18,19). The van der Waals surface area contributed by atoms with Crippen molar-refractivity contribution in [1.82, 2.24) is 4.98 Å². The van der Waals surface area contributed by atoms with Crippen LogP contribution in [0, 0.1) is 6.92 Å². The molecule has 1 aliphatic carbocycles. The predicted octanol–water partition coefficient (Wildman–Crippen LogP) is 4.03. The van der Waals surface area contributed by atoms with Crippen molar-refractivity contribution in [3.8, 4) is 0 Å². The first kappa shape index (κ1) is 13.4. The van der Waals surface area contributed by atoms with E-state index < -0.39 is 10.7 Å². The number of carboxylic acid groups (broad SMARTS) is 1. The molecule has 0 spiro atoms. The molecule has 0 unspecified atom stereocenters. The van der Waals surface area contributed by atoms with Crippen LogP contribution in [0.2, 0.25) is 0 Å². The van der Waals surface area contributed by atoms with Crippen molar-refractivity contribution < 1.29 is 9.90 Å². The van der Waals surface area contributed by atoms with Gasteiger partial charge in [0.1, 0.15) is 4.75 Å². The van der Waals surface area contributed by atoms with E-state index in [4.69, 9.17) is 0 Å². The fourth-order valence-electron chi connectivity index (χ4n) is 2.84. The molecule has 0 aliphatic heterocycles. The topological polar surface area (TPSA) is 50.2 Å². The first-order valence-corrected chi connectivity index (χ1v) is 7.70. The van der Waals surface area contributed by atoms with E-state index in [1.54, 1.807) is 6.20 Å². The molecule has 20 heavy (non-hydrogen) atoms. The lowest BCUT2D eigenvalue weighted by molar-refractivity contribution is -0.139. The van der Waals surface area contributed by atoms with Gasteiger partial charge in [0, 0.05) is 16.5 Å². The van der Waals surface area contributed by atoms with Crippen LogP contribution in [0.15, 0.2) is 35.4 Å². The van der Waals surface area contributed by atoms with E-state index in [-0.39, 0.29) is 0 Å². The van der Waals surface area contributed by atoms with Crippen molar-refractivity contribution in [3.05, 3.63) is 36.0 Å². The molecular formula is C16H17NO2S. The Morgan fingerprint density at radius 2 is 2.05 bits per heavy atom. The SMILES string of the molecule is Cc1ccc2nccc(SC3(C(=O)O)CCCC3)c2c1. The van der Waals surface area contributed by atoms with Gasteiger partial charge in [-0.2, -0.15) is 0 Å². The van der Waals surface area contributed by atoms with E-state index in [0.717, 1.165) is 41.5 Å². The molecule has 2 aromatic rings. The van der Waals surface area contributed by atoms with Crippen molar-refractivity contribution >= 4 is 28.6 Å². The molecular weight excluding hydrogens is 270 g/mol. The second-order valence-electron chi connectivity index (χ2n) is 5.44. The van der Waals surface area contributed by atoms with Crippen LogP contribution < -0.4 is 0 Å². The Hall–Kier alpha value is -1.55. The largest absolute Gasteiger partial charge is 0.480 e. The number of pyridine rings is 1. The summed E-state index contributed by atoms with van der Waals surface area (Å²) in [7, 11) is 0. The summed E-state index contributed by atoms with van der Waals surface area (Å²) >= 11 is 1.51. The third kappa shape index (κ3) is 2.29. The minimum Gasteiger partial charge on any atom is -0.480 e. The highest BCUT2D eigenvalue weighted by molar-refractivity contribution is 8.01. The summed E-state index contributed by atoms with van der Waals surface area (Å²) in [6.45, 7) is 2.05. The number of hydrogen-bond acceptors (Lipinski definition) is 3. The third-order valence-electron chi connectivity index (χ3n) is 3.96. The molecule has 0 bridgehead atoms. The molecule has 1 saturated carbocycles. The second kappa shape index (κ2) is 5.09. The average molecular weight is 287 g/mol. The Kier molecular flexibility index (Phi) is 3.42. The van der Waals surface area contributed by atoms with E-state index in [0.29, 0.717) is 0 Å². The minimum absolute atomic E-state index is 0.655. The van der Waals surface area contributed by atoms with Gasteiger partial charge in [-0.3, -0.25) is 9.78 Å². The Morgan fingerprint density at radius 3 is 2.75 bits per heavy atom. The van der Waals surface area contributed by atoms with Crippen LogP contribution >= 0.6 is 11.8 Å². The summed E-state index contributed by atoms with van der Waals surface area (Å²) < 4.78 is -0.655. The van der Waals surface area contributed by atoms with Gasteiger partial charge in [-0.1, -0.05) is 24.5 Å². The number of thioether (sulfide) groups is 1. The number of hydrogen-bond donors (Lipinski definition) is 1. The smallest absolute Gasteiger partial charge is 0.320 e. The first-order chi connectivity index (χ1) is 9.61. The van der Waals surface area contributed by atoms with Crippen molar-refractivity contribution in [2.45, 2.75) is 42.2 Å². The number of carboxylic acids is 1. The molecule has 3 rings (SSSR count). The van der Waals surface area contributed by atoms with Crippen molar-refractivity contribution in [3.63, 3.8) is 0 Å². The molecule has 0 amide bonds. The van der Waals surface area contributed by atoms with E-state index in [1.807, 2.05) is 25.1 Å². The maximum Gasteiger partial charge on any atom is 0.320 e. The van der Waals surface area contributed by atoms with Crippen LogP contribution in [0.4, 0.5) is 0 Å². The van der Waals surface area contributed by atoms with E-state index in [9.17, 15) is 9.90 Å². The Labute approximate surface area is 122 Å². The van der Waals surface area contributed by atoms with Crippen LogP contribution in [0.1, 0.15) is 31.2 Å². The van der Waals surface area contributed by atoms with Crippen molar-refractivity contribution in [1.29, 1.82) is 0 Å². The molecule has 4 heteroatoms. The van der Waals surface area contributed by atoms with E-state index in [2.05, 4.69) is 11.1 Å². The van der Waals surface area contributed by atoms with Crippen LogP contribution in [0.3, 0.4) is 0 Å². The Morgan fingerprint density at radius 1 is 1.30 bits per heavy atom. The Bertz CT molecular complexity index is 663. The zero-order valence-electron chi connectivity index (χ0n) is 11.4. The van der Waals surface area contributed by atoms with Gasteiger partial charge in [0.25, 0.3) is 0 Å². The molecule has 1 N–H and O–H groups in total. The van der Waals surface area contributed by atoms with Crippen molar-refractivity contribution in [2.24, 2.45) is 0 Å². The molecule has 104 valence electrons. The highest BCUT2D eigenvalue weighted by atomic mass is 32.2. The average Bonchev–Trinajstić information content (AvgIpc) is 2.89. The highest BCUT2D eigenvalue weighted by Gasteiger charge is 2.42. The summed E-state index contributed by atoms with van der Waals surface area (Å²) in [5, 5.41) is 10.7. The zero-order valence-corrected chi connectivity index (χ0v) is 12.2. The molecule has 0 atom stereocenters. The lowest BCUT2D eigenvalue weighted by Gasteiger charge is -2.23. The maximum atomic E-state index is 11.7. The summed E-state index contributed by atoms with van der Waals surface area (Å²) in [4.78, 5) is 17.1. The van der Waals surface area contributed by atoms with Gasteiger partial charge in [-0.05, 0) is 38.0 Å². The van der Waals surface area contributed by atoms with Gasteiger partial charge in [-0.15, -0.1) is 11.8 Å². The second-order valence-corrected chi connectivity index (χ2v) is 6.86. The minimum atomic E-state index is -0.683. The van der Waals surface area contributed by atoms with Gasteiger partial charge in [0.2, 0.25) is 0 Å². The monoisotopic (exact) mass is 287 g/mol. The number of aryl methyl sites for hydroxylation is 1. The highest BCUT2D eigenvalue weighted by Crippen LogP contribution is 2.47. The lowest BCUT2D eigenvalue weighted by Crippen LogP contribution is -2.31. The molecule has 3 nitrogen and oxygen atoms in total. The summed E-state index contributed by atoms with van der Waals surface area (Å²) in [6, 6.07) is 8.06. The van der Waals surface area contributed by atoms with Gasteiger partial charge < -0.3 is 5.11 Å². The maximum absolute atomic E-state index is 11.7. The normalized spacial score (nSPS) is 17.4. The number of fused-ring (bicyclic) bond motifs is 1. The number of aliphatic carboxylic acids is 1. The van der Waals surface area contributed by atoms with Gasteiger partial charge in [-0.25, -0.2) is 0 Å². The van der Waals surface area contributed by atoms with Crippen LogP contribution in [0.5, 0.6) is 0 Å². The Balaban J connectivity index is 2.06. The molecule has 1 aromatic carbocycles. The van der Waals surface area contributed by atoms with Gasteiger partial charge in [0.05, 0.1) is 5.52 Å². The number of aromatic nitrogens is 1. The predicted molar refractivity (Wildman–Crippen MR) is 81.2 cm³/mol. The molecule has 1 heterocycles. The van der Waals surface area contributed by atoms with E-state index in [1.165, 1.54) is 17.3 Å². The van der Waals surface area contributed by atoms with Gasteiger partial charge >= 0.3 is 5.97 Å². The number of carbonyl (C=O) groups is 1. The molecule has 1 aromatic heterocycles. The molecule has 1 fully saturated rings. The number of benzene rings is 1. The van der Waals surface area contributed by atoms with Gasteiger partial charge in [0.15, 0.2) is 0 Å². The summed E-state index contributed by atoms with van der Waals surface area (Å²) in [6.07, 6.45) is 5.28. The van der Waals surface area contributed by atoms with E-state index >= 15 is 0 Å². The summed E-state index contributed by atoms with van der Waals surface area (Å²) in [5.74, 6) is -0.683. The first-order valence-electron chi connectivity index (χ1n) is 6.88.